The molecule has 25 heavy (non-hydrogen) atoms. The van der Waals surface area contributed by atoms with Crippen molar-refractivity contribution in [2.75, 3.05) is 19.7 Å². The van der Waals surface area contributed by atoms with Gasteiger partial charge in [0.1, 0.15) is 5.60 Å². The predicted octanol–water partition coefficient (Wildman–Crippen LogP) is 2.24. The summed E-state index contributed by atoms with van der Waals surface area (Å²) in [5, 5.41) is 14.0. The SMILES string of the molecule is CC(=O)N[C@H]1CCCC[C@@]12CN(Cc1cccc([N+](=O)[O-])c1)CCO2. The Morgan fingerprint density at radius 1 is 1.48 bits per heavy atom. The van der Waals surface area contributed by atoms with Gasteiger partial charge in [-0.2, -0.15) is 0 Å². The molecule has 7 heteroatoms. The summed E-state index contributed by atoms with van der Waals surface area (Å²) in [5.41, 5.74) is 0.704. The van der Waals surface area contributed by atoms with Crippen molar-refractivity contribution >= 4 is 11.6 Å². The summed E-state index contributed by atoms with van der Waals surface area (Å²) in [5.74, 6) is -0.0225. The highest BCUT2D eigenvalue weighted by molar-refractivity contribution is 5.73. The van der Waals surface area contributed by atoms with E-state index in [4.69, 9.17) is 4.74 Å². The Bertz CT molecular complexity index is 647. The largest absolute Gasteiger partial charge is 0.370 e. The maximum atomic E-state index is 11.6. The molecule has 2 aliphatic rings. The highest BCUT2D eigenvalue weighted by Crippen LogP contribution is 2.35. The van der Waals surface area contributed by atoms with Crippen molar-refractivity contribution in [2.45, 2.75) is 50.8 Å². The molecule has 136 valence electrons. The smallest absolute Gasteiger partial charge is 0.269 e. The van der Waals surface area contributed by atoms with Crippen LogP contribution in [0.4, 0.5) is 5.69 Å². The topological polar surface area (TPSA) is 84.7 Å². The predicted molar refractivity (Wildman–Crippen MR) is 93.1 cm³/mol. The van der Waals surface area contributed by atoms with Gasteiger partial charge in [0.15, 0.2) is 0 Å². The third-order valence-electron chi connectivity index (χ3n) is 5.17. The van der Waals surface area contributed by atoms with Gasteiger partial charge in [-0.25, -0.2) is 0 Å². The number of amides is 1. The third-order valence-corrected chi connectivity index (χ3v) is 5.17. The molecule has 0 unspecified atom stereocenters. The number of carbonyl (C=O) groups excluding carboxylic acids is 1. The van der Waals surface area contributed by atoms with Crippen LogP contribution in [-0.4, -0.2) is 47.1 Å². The first kappa shape index (κ1) is 17.8. The van der Waals surface area contributed by atoms with Crippen LogP contribution in [0.25, 0.3) is 0 Å². The fourth-order valence-electron chi connectivity index (χ4n) is 4.06. The molecule has 3 rings (SSSR count). The maximum absolute atomic E-state index is 11.6. The highest BCUT2D eigenvalue weighted by Gasteiger charge is 2.45. The van der Waals surface area contributed by atoms with Gasteiger partial charge in [0, 0.05) is 38.7 Å². The zero-order chi connectivity index (χ0) is 17.9. The second-order valence-electron chi connectivity index (χ2n) is 7.05. The summed E-state index contributed by atoms with van der Waals surface area (Å²) in [6.07, 6.45) is 4.06. The van der Waals surface area contributed by atoms with E-state index in [1.807, 2.05) is 6.07 Å². The second-order valence-corrected chi connectivity index (χ2v) is 7.05. The zero-order valence-electron chi connectivity index (χ0n) is 14.6. The van der Waals surface area contributed by atoms with E-state index in [2.05, 4.69) is 10.2 Å². The molecule has 2 atom stereocenters. The van der Waals surface area contributed by atoms with Crippen molar-refractivity contribution in [1.29, 1.82) is 0 Å². The van der Waals surface area contributed by atoms with Crippen molar-refractivity contribution < 1.29 is 14.5 Å². The van der Waals surface area contributed by atoms with E-state index in [9.17, 15) is 14.9 Å². The van der Waals surface area contributed by atoms with Crippen molar-refractivity contribution in [3.8, 4) is 0 Å². The lowest BCUT2D eigenvalue weighted by Crippen LogP contribution is -2.63. The molecule has 7 nitrogen and oxygen atoms in total. The molecule has 1 aromatic rings. The number of nitrogens with one attached hydrogen (secondary N) is 1. The Morgan fingerprint density at radius 2 is 2.32 bits per heavy atom. The summed E-state index contributed by atoms with van der Waals surface area (Å²) >= 11 is 0. The molecule has 1 spiro atoms. The lowest BCUT2D eigenvalue weighted by atomic mass is 9.78. The Kier molecular flexibility index (Phi) is 5.34. The van der Waals surface area contributed by atoms with Crippen LogP contribution in [0, 0.1) is 10.1 Å². The van der Waals surface area contributed by atoms with Crippen molar-refractivity contribution in [3.63, 3.8) is 0 Å². The molecular formula is C18H25N3O4. The first-order valence-electron chi connectivity index (χ1n) is 8.85. The number of non-ortho nitro benzene ring substituents is 1. The minimum atomic E-state index is -0.363. The summed E-state index contributed by atoms with van der Waals surface area (Å²) in [4.78, 5) is 24.5. The average molecular weight is 347 g/mol. The van der Waals surface area contributed by atoms with Gasteiger partial charge >= 0.3 is 0 Å². The molecule has 1 amide bonds. The highest BCUT2D eigenvalue weighted by atomic mass is 16.6. The molecule has 1 saturated heterocycles. The summed E-state index contributed by atoms with van der Waals surface area (Å²) in [7, 11) is 0. The second kappa shape index (κ2) is 7.49. The number of hydrogen-bond acceptors (Lipinski definition) is 5. The fraction of sp³-hybridized carbons (Fsp3) is 0.611. The van der Waals surface area contributed by atoms with Gasteiger partial charge in [-0.15, -0.1) is 0 Å². The quantitative estimate of drug-likeness (QED) is 0.667. The van der Waals surface area contributed by atoms with Crippen molar-refractivity contribution in [3.05, 3.63) is 39.9 Å². The van der Waals surface area contributed by atoms with Crippen LogP contribution in [0.15, 0.2) is 24.3 Å². The summed E-state index contributed by atoms with van der Waals surface area (Å²) < 4.78 is 6.19. The van der Waals surface area contributed by atoms with E-state index in [-0.39, 0.29) is 28.2 Å². The number of nitro benzene ring substituents is 1. The van der Waals surface area contributed by atoms with E-state index in [1.54, 1.807) is 19.1 Å². The number of ether oxygens (including phenoxy) is 1. The number of hydrogen-bond donors (Lipinski definition) is 1. The molecule has 0 radical (unpaired) electrons. The number of nitrogens with zero attached hydrogens (tertiary/aromatic N) is 2. The first-order valence-corrected chi connectivity index (χ1v) is 8.85. The molecule has 1 saturated carbocycles. The average Bonchev–Trinajstić information content (AvgIpc) is 2.57. The molecule has 0 aromatic heterocycles. The lowest BCUT2D eigenvalue weighted by molar-refractivity contribution is -0.384. The Morgan fingerprint density at radius 3 is 3.08 bits per heavy atom. The van der Waals surface area contributed by atoms with Crippen LogP contribution in [0.5, 0.6) is 0 Å². The molecule has 1 aromatic carbocycles. The molecule has 1 aliphatic heterocycles. The first-order chi connectivity index (χ1) is 12.0. The van der Waals surface area contributed by atoms with E-state index in [0.717, 1.165) is 44.3 Å². The van der Waals surface area contributed by atoms with Crippen molar-refractivity contribution in [2.24, 2.45) is 0 Å². The summed E-state index contributed by atoms with van der Waals surface area (Å²) in [6, 6.07) is 6.82. The monoisotopic (exact) mass is 347 g/mol. The molecular weight excluding hydrogens is 322 g/mol. The fourth-order valence-corrected chi connectivity index (χ4v) is 4.06. The van der Waals surface area contributed by atoms with Crippen LogP contribution in [-0.2, 0) is 16.1 Å². The van der Waals surface area contributed by atoms with Gasteiger partial charge in [-0.05, 0) is 18.4 Å². The van der Waals surface area contributed by atoms with Crippen LogP contribution < -0.4 is 5.32 Å². The Balaban J connectivity index is 1.72. The van der Waals surface area contributed by atoms with Gasteiger partial charge < -0.3 is 10.1 Å². The van der Waals surface area contributed by atoms with Gasteiger partial charge in [-0.3, -0.25) is 19.8 Å². The molecule has 0 bridgehead atoms. The van der Waals surface area contributed by atoms with Crippen LogP contribution in [0.3, 0.4) is 0 Å². The van der Waals surface area contributed by atoms with Gasteiger partial charge in [0.2, 0.25) is 5.91 Å². The van der Waals surface area contributed by atoms with E-state index < -0.39 is 0 Å². The van der Waals surface area contributed by atoms with Gasteiger partial charge in [0.25, 0.3) is 5.69 Å². The minimum Gasteiger partial charge on any atom is -0.370 e. The molecule has 1 heterocycles. The molecule has 2 fully saturated rings. The third kappa shape index (κ3) is 4.16. The maximum Gasteiger partial charge on any atom is 0.269 e. The van der Waals surface area contributed by atoms with Crippen LogP contribution >= 0.6 is 0 Å². The zero-order valence-corrected chi connectivity index (χ0v) is 14.6. The van der Waals surface area contributed by atoms with Crippen LogP contribution in [0.1, 0.15) is 38.2 Å². The van der Waals surface area contributed by atoms with Crippen LogP contribution in [0.2, 0.25) is 0 Å². The van der Waals surface area contributed by atoms with Gasteiger partial charge in [0.05, 0.1) is 17.6 Å². The van der Waals surface area contributed by atoms with E-state index in [1.165, 1.54) is 6.07 Å². The molecule has 1 aliphatic carbocycles. The Hall–Kier alpha value is -1.99. The number of nitro groups is 1. The number of rotatable bonds is 4. The number of carbonyl (C=O) groups is 1. The minimum absolute atomic E-state index is 0.0225. The Labute approximate surface area is 147 Å². The normalized spacial score (nSPS) is 27.2. The molecule has 1 N–H and O–H groups in total. The van der Waals surface area contributed by atoms with Gasteiger partial charge in [-0.1, -0.05) is 25.0 Å². The van der Waals surface area contributed by atoms with E-state index in [0.29, 0.717) is 13.2 Å². The number of morpholine rings is 1. The standard InChI is InChI=1S/C18H25N3O4/c1-14(22)19-17-7-2-3-8-18(17)13-20(9-10-25-18)12-15-5-4-6-16(11-15)21(23)24/h4-6,11,17H,2-3,7-10,12-13H2,1H3,(H,19,22)/t17-,18+/m0/s1. The summed E-state index contributed by atoms with van der Waals surface area (Å²) in [6.45, 7) is 4.34. The number of benzene rings is 1. The lowest BCUT2D eigenvalue weighted by Gasteiger charge is -2.49. The van der Waals surface area contributed by atoms with E-state index >= 15 is 0 Å². The van der Waals surface area contributed by atoms with Crippen molar-refractivity contribution in [1.82, 2.24) is 10.2 Å².